The number of likely N-dealkylation sites (tertiary alicyclic amines) is 1. The van der Waals surface area contributed by atoms with Gasteiger partial charge in [-0.2, -0.15) is 0 Å². The molecule has 28 heavy (non-hydrogen) atoms. The van der Waals surface area contributed by atoms with Crippen LogP contribution in [0.4, 0.5) is 4.39 Å². The summed E-state index contributed by atoms with van der Waals surface area (Å²) in [5, 5.41) is 12.8. The van der Waals surface area contributed by atoms with Gasteiger partial charge in [-0.25, -0.2) is 4.39 Å². The first kappa shape index (κ1) is 20.0. The quantitative estimate of drug-likeness (QED) is 0.456. The van der Waals surface area contributed by atoms with Crippen molar-refractivity contribution in [3.8, 4) is 5.75 Å². The Labute approximate surface area is 166 Å². The van der Waals surface area contributed by atoms with E-state index < -0.39 is 29.3 Å². The predicted octanol–water partition coefficient (Wildman–Crippen LogP) is 2.88. The first-order valence-corrected chi connectivity index (χ1v) is 9.53. The standard InChI is InChI=1S/C20H21FN2O4S/c1-22(2)8-9-23-17(15-5-4-10-28-15)16(19(25)20(23)26)18(24)13-11-12(21)6-7-14(13)27-3/h4-7,10-11,17,24H,8-9H2,1-3H3. The Morgan fingerprint density at radius 3 is 2.68 bits per heavy atom. The second kappa shape index (κ2) is 8.12. The maximum absolute atomic E-state index is 13.8. The minimum Gasteiger partial charge on any atom is -0.507 e. The van der Waals surface area contributed by atoms with E-state index in [1.165, 1.54) is 35.5 Å². The SMILES string of the molecule is COc1ccc(F)cc1C(O)=C1C(=O)C(=O)N(CCN(C)C)C1c1cccs1. The van der Waals surface area contributed by atoms with Crippen LogP contribution in [0.5, 0.6) is 5.75 Å². The van der Waals surface area contributed by atoms with Crippen LogP contribution in [0.15, 0.2) is 41.3 Å². The molecule has 1 aromatic carbocycles. The molecule has 1 fully saturated rings. The number of benzene rings is 1. The van der Waals surface area contributed by atoms with Gasteiger partial charge in [0.2, 0.25) is 0 Å². The van der Waals surface area contributed by atoms with Gasteiger partial charge in [-0.15, -0.1) is 11.3 Å². The van der Waals surface area contributed by atoms with Gasteiger partial charge in [0.1, 0.15) is 17.3 Å². The van der Waals surface area contributed by atoms with Crippen molar-refractivity contribution in [3.05, 3.63) is 57.5 Å². The zero-order valence-corrected chi connectivity index (χ0v) is 16.6. The average molecular weight is 404 g/mol. The zero-order valence-electron chi connectivity index (χ0n) is 15.8. The normalized spacial score (nSPS) is 18.9. The van der Waals surface area contributed by atoms with Gasteiger partial charge < -0.3 is 19.6 Å². The summed E-state index contributed by atoms with van der Waals surface area (Å²) < 4.78 is 19.0. The van der Waals surface area contributed by atoms with Crippen molar-refractivity contribution in [1.82, 2.24) is 9.80 Å². The third kappa shape index (κ3) is 3.65. The summed E-state index contributed by atoms with van der Waals surface area (Å²) in [4.78, 5) is 29.6. The van der Waals surface area contributed by atoms with E-state index >= 15 is 0 Å². The van der Waals surface area contributed by atoms with E-state index in [1.807, 2.05) is 30.4 Å². The number of thiophene rings is 1. The highest BCUT2D eigenvalue weighted by Gasteiger charge is 2.46. The predicted molar refractivity (Wildman–Crippen MR) is 105 cm³/mol. The van der Waals surface area contributed by atoms with Gasteiger partial charge >= 0.3 is 0 Å². The second-order valence-corrected chi connectivity index (χ2v) is 7.64. The van der Waals surface area contributed by atoms with Gasteiger partial charge in [0.25, 0.3) is 11.7 Å². The summed E-state index contributed by atoms with van der Waals surface area (Å²) in [6.45, 7) is 0.870. The number of amides is 1. The van der Waals surface area contributed by atoms with E-state index in [0.29, 0.717) is 13.1 Å². The molecule has 0 bridgehead atoms. The molecule has 1 atom stereocenters. The third-order valence-electron chi connectivity index (χ3n) is 4.56. The molecule has 2 aromatic rings. The van der Waals surface area contributed by atoms with Crippen LogP contribution in [-0.4, -0.2) is 60.9 Å². The van der Waals surface area contributed by atoms with Gasteiger partial charge in [-0.1, -0.05) is 6.07 Å². The van der Waals surface area contributed by atoms with E-state index in [1.54, 1.807) is 6.07 Å². The molecule has 1 saturated heterocycles. The Bertz CT molecular complexity index is 924. The molecule has 0 aliphatic carbocycles. The number of Topliss-reactive ketones (excluding diaryl/α,β-unsaturated/α-hetero) is 1. The summed E-state index contributed by atoms with van der Waals surface area (Å²) in [6.07, 6.45) is 0. The average Bonchev–Trinajstić information content (AvgIpc) is 3.27. The highest BCUT2D eigenvalue weighted by Crippen LogP contribution is 2.42. The van der Waals surface area contributed by atoms with E-state index in [9.17, 15) is 19.1 Å². The van der Waals surface area contributed by atoms with Crippen molar-refractivity contribution in [2.45, 2.75) is 6.04 Å². The molecular formula is C20H21FN2O4S. The molecule has 1 unspecified atom stereocenters. The van der Waals surface area contributed by atoms with Gasteiger partial charge in [0, 0.05) is 18.0 Å². The summed E-state index contributed by atoms with van der Waals surface area (Å²) >= 11 is 1.38. The van der Waals surface area contributed by atoms with Crippen LogP contribution in [0.3, 0.4) is 0 Å². The topological polar surface area (TPSA) is 70.1 Å². The van der Waals surface area contributed by atoms with Gasteiger partial charge in [0.05, 0.1) is 24.3 Å². The molecule has 0 spiro atoms. The lowest BCUT2D eigenvalue weighted by Crippen LogP contribution is -2.35. The van der Waals surface area contributed by atoms with Crippen LogP contribution in [0, 0.1) is 5.82 Å². The lowest BCUT2D eigenvalue weighted by molar-refractivity contribution is -0.140. The van der Waals surface area contributed by atoms with Crippen LogP contribution in [0.25, 0.3) is 5.76 Å². The van der Waals surface area contributed by atoms with Crippen molar-refractivity contribution < 1.29 is 23.8 Å². The summed E-state index contributed by atoms with van der Waals surface area (Å²) in [5.41, 5.74) is -0.0234. The summed E-state index contributed by atoms with van der Waals surface area (Å²) in [7, 11) is 5.12. The minimum absolute atomic E-state index is 0.0367. The second-order valence-electron chi connectivity index (χ2n) is 6.66. The van der Waals surface area contributed by atoms with Gasteiger partial charge in [-0.05, 0) is 43.7 Å². The smallest absolute Gasteiger partial charge is 0.295 e. The van der Waals surface area contributed by atoms with E-state index in [0.717, 1.165) is 10.9 Å². The number of aliphatic hydroxyl groups is 1. The molecule has 2 heterocycles. The number of hydrogen-bond acceptors (Lipinski definition) is 6. The number of ether oxygens (including phenoxy) is 1. The highest BCUT2D eigenvalue weighted by molar-refractivity contribution is 7.10. The van der Waals surface area contributed by atoms with Crippen molar-refractivity contribution in [2.75, 3.05) is 34.3 Å². The van der Waals surface area contributed by atoms with E-state index in [2.05, 4.69) is 0 Å². The van der Waals surface area contributed by atoms with Crippen molar-refractivity contribution in [3.63, 3.8) is 0 Å². The molecule has 0 radical (unpaired) electrons. The number of likely N-dealkylation sites (N-methyl/N-ethyl adjacent to an activating group) is 1. The van der Waals surface area contributed by atoms with Gasteiger partial charge in [-0.3, -0.25) is 9.59 Å². The number of ketones is 1. The van der Waals surface area contributed by atoms with E-state index in [4.69, 9.17) is 4.74 Å². The van der Waals surface area contributed by atoms with Crippen LogP contribution in [0.1, 0.15) is 16.5 Å². The fraction of sp³-hybridized carbons (Fsp3) is 0.300. The Kier molecular flexibility index (Phi) is 5.81. The van der Waals surface area contributed by atoms with E-state index in [-0.39, 0.29) is 16.9 Å². The fourth-order valence-corrected chi connectivity index (χ4v) is 4.02. The number of aliphatic hydroxyl groups excluding tert-OH is 1. The van der Waals surface area contributed by atoms with Crippen LogP contribution >= 0.6 is 11.3 Å². The fourth-order valence-electron chi connectivity index (χ4n) is 3.17. The monoisotopic (exact) mass is 404 g/mol. The van der Waals surface area contributed by atoms with Crippen LogP contribution < -0.4 is 4.74 Å². The molecule has 148 valence electrons. The molecular weight excluding hydrogens is 383 g/mol. The van der Waals surface area contributed by atoms with Crippen LogP contribution in [-0.2, 0) is 9.59 Å². The number of methoxy groups -OCH3 is 1. The molecule has 1 aliphatic rings. The maximum atomic E-state index is 13.8. The lowest BCUT2D eigenvalue weighted by Gasteiger charge is -2.25. The minimum atomic E-state index is -0.791. The zero-order chi connectivity index (χ0) is 20.4. The number of carbonyl (C=O) groups is 2. The van der Waals surface area contributed by atoms with Crippen LogP contribution in [0.2, 0.25) is 0 Å². The largest absolute Gasteiger partial charge is 0.507 e. The Balaban J connectivity index is 2.17. The first-order valence-electron chi connectivity index (χ1n) is 8.65. The third-order valence-corrected chi connectivity index (χ3v) is 5.48. The van der Waals surface area contributed by atoms with Gasteiger partial charge in [0.15, 0.2) is 0 Å². The number of nitrogens with zero attached hydrogens (tertiary/aromatic N) is 2. The molecule has 1 N–H and O–H groups in total. The van der Waals surface area contributed by atoms with Crippen molar-refractivity contribution in [2.24, 2.45) is 0 Å². The summed E-state index contributed by atoms with van der Waals surface area (Å²) in [6, 6.07) is 6.55. The number of carbonyl (C=O) groups excluding carboxylic acids is 2. The number of halogens is 1. The molecule has 1 aromatic heterocycles. The Hall–Kier alpha value is -2.71. The Morgan fingerprint density at radius 2 is 2.07 bits per heavy atom. The molecule has 3 rings (SSSR count). The molecule has 1 amide bonds. The Morgan fingerprint density at radius 1 is 1.32 bits per heavy atom. The summed E-state index contributed by atoms with van der Waals surface area (Å²) in [5.74, 6) is -2.29. The lowest BCUT2D eigenvalue weighted by atomic mass is 9.99. The molecule has 8 heteroatoms. The number of rotatable bonds is 6. The molecule has 0 saturated carbocycles. The first-order chi connectivity index (χ1) is 13.3. The maximum Gasteiger partial charge on any atom is 0.295 e. The van der Waals surface area contributed by atoms with Crippen molar-refractivity contribution >= 4 is 28.8 Å². The molecule has 1 aliphatic heterocycles. The highest BCUT2D eigenvalue weighted by atomic mass is 32.1. The van der Waals surface area contributed by atoms with Crippen molar-refractivity contribution in [1.29, 1.82) is 0 Å². The number of hydrogen-bond donors (Lipinski definition) is 1. The molecule has 6 nitrogen and oxygen atoms in total.